The molecule has 4 N–H and O–H groups in total. The number of oxime groups is 1. The summed E-state index contributed by atoms with van der Waals surface area (Å²) in [7, 11) is 1.85. The lowest BCUT2D eigenvalue weighted by Gasteiger charge is -2.38. The van der Waals surface area contributed by atoms with Crippen LogP contribution in [0.2, 0.25) is 0 Å². The van der Waals surface area contributed by atoms with Crippen molar-refractivity contribution in [3.05, 3.63) is 12.2 Å². The first-order valence-electron chi connectivity index (χ1n) is 6.19. The minimum Gasteiger partial charge on any atom is -0.409 e. The van der Waals surface area contributed by atoms with Gasteiger partial charge in [0, 0.05) is 20.0 Å². The molecule has 1 saturated carbocycles. The third kappa shape index (κ3) is 2.38. The van der Waals surface area contributed by atoms with Crippen molar-refractivity contribution in [3.8, 4) is 0 Å². The average Bonchev–Trinajstić information content (AvgIpc) is 2.73. The third-order valence-corrected chi connectivity index (χ3v) is 3.68. The molecule has 1 heterocycles. The fourth-order valence-electron chi connectivity index (χ4n) is 2.22. The molecule has 8 heteroatoms. The maximum absolute atomic E-state index is 12.1. The maximum Gasteiger partial charge on any atom is 0.233 e. The number of rotatable bonds is 5. The fourth-order valence-corrected chi connectivity index (χ4v) is 2.22. The normalized spacial score (nSPS) is 17.8. The predicted molar refractivity (Wildman–Crippen MR) is 67.4 cm³/mol. The van der Waals surface area contributed by atoms with Gasteiger partial charge in [0.2, 0.25) is 5.91 Å². The Kier molecular flexibility index (Phi) is 3.68. The fraction of sp³-hybridized carbons (Fsp3) is 0.636. The van der Waals surface area contributed by atoms with Gasteiger partial charge in [-0.25, -0.2) is 0 Å². The molecule has 0 radical (unpaired) electrons. The van der Waals surface area contributed by atoms with Crippen LogP contribution in [0, 0.1) is 5.41 Å². The molecule has 1 aliphatic rings. The van der Waals surface area contributed by atoms with Crippen LogP contribution in [0.1, 0.15) is 25.1 Å². The third-order valence-electron chi connectivity index (χ3n) is 3.68. The molecule has 0 saturated heterocycles. The highest BCUT2D eigenvalue weighted by Crippen LogP contribution is 2.41. The van der Waals surface area contributed by atoms with E-state index in [2.05, 4.69) is 20.7 Å². The summed E-state index contributed by atoms with van der Waals surface area (Å²) in [6, 6.07) is 0. The molecule has 0 aromatic carbocycles. The van der Waals surface area contributed by atoms with E-state index in [-0.39, 0.29) is 11.7 Å². The monoisotopic (exact) mass is 266 g/mol. The Morgan fingerprint density at radius 1 is 1.68 bits per heavy atom. The van der Waals surface area contributed by atoms with E-state index in [9.17, 15) is 4.79 Å². The molecule has 2 rings (SSSR count). The van der Waals surface area contributed by atoms with Gasteiger partial charge >= 0.3 is 0 Å². The molecule has 1 amide bonds. The van der Waals surface area contributed by atoms with Crippen molar-refractivity contribution in [1.29, 1.82) is 0 Å². The van der Waals surface area contributed by atoms with Crippen LogP contribution in [0.25, 0.3) is 0 Å². The van der Waals surface area contributed by atoms with Crippen LogP contribution in [-0.2, 0) is 18.3 Å². The van der Waals surface area contributed by atoms with E-state index in [0.717, 1.165) is 12.2 Å². The van der Waals surface area contributed by atoms with Crippen molar-refractivity contribution in [2.45, 2.75) is 25.7 Å². The Balaban J connectivity index is 1.89. The second kappa shape index (κ2) is 5.25. The quantitative estimate of drug-likeness (QED) is 0.284. The molecule has 0 unspecified atom stereocenters. The molecule has 0 aliphatic heterocycles. The van der Waals surface area contributed by atoms with Crippen LogP contribution in [0.15, 0.2) is 11.5 Å². The molecule has 8 nitrogen and oxygen atoms in total. The Morgan fingerprint density at radius 3 is 2.89 bits per heavy atom. The number of aromatic nitrogens is 3. The highest BCUT2D eigenvalue weighted by atomic mass is 16.4. The first-order valence-corrected chi connectivity index (χ1v) is 6.19. The van der Waals surface area contributed by atoms with E-state index in [1.54, 1.807) is 10.9 Å². The van der Waals surface area contributed by atoms with Gasteiger partial charge in [0.25, 0.3) is 0 Å². The van der Waals surface area contributed by atoms with Crippen molar-refractivity contribution in [2.24, 2.45) is 23.4 Å². The van der Waals surface area contributed by atoms with Crippen molar-refractivity contribution >= 4 is 11.7 Å². The van der Waals surface area contributed by atoms with Crippen molar-refractivity contribution in [1.82, 2.24) is 20.1 Å². The summed E-state index contributed by atoms with van der Waals surface area (Å²) in [5, 5.41) is 22.3. The van der Waals surface area contributed by atoms with E-state index in [4.69, 9.17) is 10.9 Å². The van der Waals surface area contributed by atoms with Crippen LogP contribution < -0.4 is 11.1 Å². The maximum atomic E-state index is 12.1. The SMILES string of the molecule is Cn1cnnc1CCNC(=O)C1(C(N)=NO)CCC1. The van der Waals surface area contributed by atoms with Gasteiger partial charge in [0.05, 0.1) is 0 Å². The number of amidine groups is 1. The van der Waals surface area contributed by atoms with Crippen LogP contribution >= 0.6 is 0 Å². The molecule has 0 atom stereocenters. The van der Waals surface area contributed by atoms with Gasteiger partial charge in [-0.05, 0) is 12.8 Å². The van der Waals surface area contributed by atoms with E-state index in [0.29, 0.717) is 25.8 Å². The predicted octanol–water partition coefficient (Wildman–Crippen LogP) is -0.609. The first kappa shape index (κ1) is 13.3. The van der Waals surface area contributed by atoms with E-state index < -0.39 is 5.41 Å². The van der Waals surface area contributed by atoms with Gasteiger partial charge in [0.15, 0.2) is 5.84 Å². The van der Waals surface area contributed by atoms with Crippen LogP contribution in [0.3, 0.4) is 0 Å². The summed E-state index contributed by atoms with van der Waals surface area (Å²) < 4.78 is 1.80. The second-order valence-electron chi connectivity index (χ2n) is 4.78. The Bertz CT molecular complexity index is 491. The molecule has 0 spiro atoms. The minimum absolute atomic E-state index is 0.00471. The summed E-state index contributed by atoms with van der Waals surface area (Å²) in [6.07, 6.45) is 4.36. The number of nitrogens with zero attached hydrogens (tertiary/aromatic N) is 4. The lowest BCUT2D eigenvalue weighted by molar-refractivity contribution is -0.131. The molecule has 1 fully saturated rings. The van der Waals surface area contributed by atoms with Crippen LogP contribution in [0.5, 0.6) is 0 Å². The van der Waals surface area contributed by atoms with Crippen LogP contribution in [-0.4, -0.2) is 38.3 Å². The zero-order valence-corrected chi connectivity index (χ0v) is 10.8. The molecular formula is C11H18N6O2. The van der Waals surface area contributed by atoms with Gasteiger partial charge in [-0.15, -0.1) is 10.2 Å². The highest BCUT2D eigenvalue weighted by molar-refractivity contribution is 6.07. The highest BCUT2D eigenvalue weighted by Gasteiger charge is 2.48. The molecular weight excluding hydrogens is 248 g/mol. The minimum atomic E-state index is -0.825. The summed E-state index contributed by atoms with van der Waals surface area (Å²) in [6.45, 7) is 0.450. The topological polar surface area (TPSA) is 118 Å². The summed E-state index contributed by atoms with van der Waals surface area (Å²) in [5.74, 6) is 0.609. The van der Waals surface area contributed by atoms with Gasteiger partial charge < -0.3 is 20.8 Å². The Hall–Kier alpha value is -2.12. The smallest absolute Gasteiger partial charge is 0.233 e. The standard InChI is InChI=1S/C11H18N6O2/c1-17-7-14-15-8(17)3-6-13-10(18)11(4-2-5-11)9(12)16-19/h7,19H,2-6H2,1H3,(H2,12,16)(H,13,18). The summed E-state index contributed by atoms with van der Waals surface area (Å²) >= 11 is 0. The summed E-state index contributed by atoms with van der Waals surface area (Å²) in [5.41, 5.74) is 4.79. The lowest BCUT2D eigenvalue weighted by Crippen LogP contribution is -2.54. The van der Waals surface area contributed by atoms with E-state index in [1.165, 1.54) is 0 Å². The number of hydrogen-bond acceptors (Lipinski definition) is 5. The first-order chi connectivity index (χ1) is 9.10. The van der Waals surface area contributed by atoms with Gasteiger partial charge in [-0.3, -0.25) is 4.79 Å². The lowest BCUT2D eigenvalue weighted by atomic mass is 9.67. The largest absolute Gasteiger partial charge is 0.409 e. The number of carbonyl (C=O) groups is 1. The summed E-state index contributed by atoms with van der Waals surface area (Å²) in [4.78, 5) is 12.1. The number of hydrogen-bond donors (Lipinski definition) is 3. The Morgan fingerprint density at radius 2 is 2.42 bits per heavy atom. The molecule has 1 aromatic heterocycles. The average molecular weight is 266 g/mol. The number of amides is 1. The molecule has 104 valence electrons. The van der Waals surface area contributed by atoms with Gasteiger partial charge in [-0.1, -0.05) is 11.6 Å². The number of aryl methyl sites for hydroxylation is 1. The van der Waals surface area contributed by atoms with E-state index >= 15 is 0 Å². The van der Waals surface area contributed by atoms with Crippen molar-refractivity contribution in [3.63, 3.8) is 0 Å². The zero-order chi connectivity index (χ0) is 13.9. The molecule has 1 aromatic rings. The number of carbonyl (C=O) groups excluding carboxylic acids is 1. The molecule has 0 bridgehead atoms. The van der Waals surface area contributed by atoms with Gasteiger partial charge in [-0.2, -0.15) is 0 Å². The van der Waals surface area contributed by atoms with E-state index in [1.807, 2.05) is 7.05 Å². The molecule has 19 heavy (non-hydrogen) atoms. The molecule has 1 aliphatic carbocycles. The Labute approximate surface area is 110 Å². The number of nitrogens with two attached hydrogens (primary N) is 1. The second-order valence-corrected chi connectivity index (χ2v) is 4.78. The van der Waals surface area contributed by atoms with Gasteiger partial charge in [0.1, 0.15) is 17.6 Å². The van der Waals surface area contributed by atoms with Crippen molar-refractivity contribution < 1.29 is 10.0 Å². The van der Waals surface area contributed by atoms with Crippen LogP contribution in [0.4, 0.5) is 0 Å². The number of nitrogens with one attached hydrogen (secondary N) is 1. The van der Waals surface area contributed by atoms with Crippen molar-refractivity contribution in [2.75, 3.05) is 6.54 Å². The zero-order valence-electron chi connectivity index (χ0n) is 10.8.